The van der Waals surface area contributed by atoms with Crippen molar-refractivity contribution in [1.82, 2.24) is 0 Å². The predicted octanol–water partition coefficient (Wildman–Crippen LogP) is 4.96. The van der Waals surface area contributed by atoms with Crippen molar-refractivity contribution < 1.29 is 4.43 Å². The third-order valence-electron chi connectivity index (χ3n) is 3.32. The molecular formula is C12H27BrOSi. The Bertz CT molecular complexity index is 175. The molecule has 0 saturated heterocycles. The standard InChI is InChI=1S/C12H27BrOSi/c1-7-8-9-11(10-13)14-15(5,6)12(2,3)4/h11H,7-10H2,1-6H3. The van der Waals surface area contributed by atoms with Crippen LogP contribution in [0.5, 0.6) is 0 Å². The van der Waals surface area contributed by atoms with E-state index in [9.17, 15) is 0 Å². The van der Waals surface area contributed by atoms with Gasteiger partial charge in [0.15, 0.2) is 8.32 Å². The number of rotatable bonds is 6. The summed E-state index contributed by atoms with van der Waals surface area (Å²) in [5, 5.41) is 1.29. The van der Waals surface area contributed by atoms with Gasteiger partial charge in [-0.15, -0.1) is 0 Å². The van der Waals surface area contributed by atoms with E-state index in [1.807, 2.05) is 0 Å². The van der Waals surface area contributed by atoms with Gasteiger partial charge >= 0.3 is 0 Å². The quantitative estimate of drug-likeness (QED) is 0.497. The van der Waals surface area contributed by atoms with Crippen molar-refractivity contribution in [3.05, 3.63) is 0 Å². The van der Waals surface area contributed by atoms with Gasteiger partial charge in [0.1, 0.15) is 0 Å². The minimum atomic E-state index is -1.57. The van der Waals surface area contributed by atoms with Gasteiger partial charge in [0.05, 0.1) is 6.10 Å². The molecule has 0 aliphatic rings. The van der Waals surface area contributed by atoms with Crippen LogP contribution in [0, 0.1) is 0 Å². The fourth-order valence-corrected chi connectivity index (χ4v) is 3.28. The third kappa shape index (κ3) is 5.50. The highest BCUT2D eigenvalue weighted by Crippen LogP contribution is 2.37. The predicted molar refractivity (Wildman–Crippen MR) is 75.4 cm³/mol. The van der Waals surface area contributed by atoms with E-state index >= 15 is 0 Å². The topological polar surface area (TPSA) is 9.23 Å². The van der Waals surface area contributed by atoms with E-state index in [1.54, 1.807) is 0 Å². The van der Waals surface area contributed by atoms with Crippen molar-refractivity contribution in [2.45, 2.75) is 71.2 Å². The maximum absolute atomic E-state index is 6.35. The van der Waals surface area contributed by atoms with E-state index in [4.69, 9.17) is 4.43 Å². The molecule has 0 amide bonds. The first-order valence-electron chi connectivity index (χ1n) is 5.98. The normalized spacial score (nSPS) is 15.4. The minimum Gasteiger partial charge on any atom is -0.413 e. The Morgan fingerprint density at radius 3 is 2.13 bits per heavy atom. The van der Waals surface area contributed by atoms with Crippen LogP contribution in [0.4, 0.5) is 0 Å². The van der Waals surface area contributed by atoms with Gasteiger partial charge in [0.25, 0.3) is 0 Å². The van der Waals surface area contributed by atoms with E-state index in [1.165, 1.54) is 19.3 Å². The molecule has 0 fully saturated rings. The Labute approximate surface area is 105 Å². The van der Waals surface area contributed by atoms with E-state index in [0.29, 0.717) is 11.1 Å². The largest absolute Gasteiger partial charge is 0.413 e. The molecule has 0 aromatic carbocycles. The van der Waals surface area contributed by atoms with Crippen LogP contribution < -0.4 is 0 Å². The van der Waals surface area contributed by atoms with Crippen LogP contribution in [-0.4, -0.2) is 19.8 Å². The summed E-state index contributed by atoms with van der Waals surface area (Å²) in [6.45, 7) is 13.8. The molecule has 1 nitrogen and oxygen atoms in total. The zero-order chi connectivity index (χ0) is 12.1. The Balaban J connectivity index is 4.27. The molecule has 0 radical (unpaired) electrons. The molecule has 0 aliphatic heterocycles. The summed E-state index contributed by atoms with van der Waals surface area (Å²) in [6.07, 6.45) is 4.12. The lowest BCUT2D eigenvalue weighted by atomic mass is 10.2. The fraction of sp³-hybridized carbons (Fsp3) is 1.00. The molecular weight excluding hydrogens is 268 g/mol. The van der Waals surface area contributed by atoms with Gasteiger partial charge < -0.3 is 4.43 Å². The zero-order valence-electron chi connectivity index (χ0n) is 11.2. The van der Waals surface area contributed by atoms with Crippen LogP contribution in [0.15, 0.2) is 0 Å². The SMILES string of the molecule is CCCCC(CBr)O[Si](C)(C)C(C)(C)C. The molecule has 0 N–H and O–H groups in total. The molecule has 1 atom stereocenters. The lowest BCUT2D eigenvalue weighted by Crippen LogP contribution is -2.44. The summed E-state index contributed by atoms with van der Waals surface area (Å²) in [5.74, 6) is 0. The molecule has 0 bridgehead atoms. The van der Waals surface area contributed by atoms with E-state index in [0.717, 1.165) is 5.33 Å². The summed E-state index contributed by atoms with van der Waals surface area (Å²) in [4.78, 5) is 0. The van der Waals surface area contributed by atoms with Gasteiger partial charge in [-0.2, -0.15) is 0 Å². The van der Waals surface area contributed by atoms with Crippen LogP contribution in [-0.2, 0) is 4.43 Å². The molecule has 0 rings (SSSR count). The second-order valence-corrected chi connectivity index (χ2v) is 11.2. The average molecular weight is 295 g/mol. The van der Waals surface area contributed by atoms with Crippen LogP contribution in [0.2, 0.25) is 18.1 Å². The van der Waals surface area contributed by atoms with Crippen molar-refractivity contribution in [2.75, 3.05) is 5.33 Å². The van der Waals surface area contributed by atoms with Crippen LogP contribution in [0.25, 0.3) is 0 Å². The lowest BCUT2D eigenvalue weighted by Gasteiger charge is -2.39. The maximum Gasteiger partial charge on any atom is 0.192 e. The van der Waals surface area contributed by atoms with Gasteiger partial charge in [-0.05, 0) is 24.6 Å². The molecule has 0 spiro atoms. The van der Waals surface area contributed by atoms with Gasteiger partial charge in [0.2, 0.25) is 0 Å². The summed E-state index contributed by atoms with van der Waals surface area (Å²) in [6, 6.07) is 0. The van der Waals surface area contributed by atoms with Crippen LogP contribution in [0.1, 0.15) is 47.0 Å². The molecule has 15 heavy (non-hydrogen) atoms. The number of hydrogen-bond acceptors (Lipinski definition) is 1. The molecule has 0 heterocycles. The zero-order valence-corrected chi connectivity index (χ0v) is 13.8. The lowest BCUT2D eigenvalue weighted by molar-refractivity contribution is 0.191. The number of hydrogen-bond donors (Lipinski definition) is 0. The second kappa shape index (κ2) is 6.41. The van der Waals surface area contributed by atoms with Gasteiger partial charge in [-0.3, -0.25) is 0 Å². The van der Waals surface area contributed by atoms with E-state index < -0.39 is 8.32 Å². The highest BCUT2D eigenvalue weighted by molar-refractivity contribution is 9.09. The maximum atomic E-state index is 6.35. The van der Waals surface area contributed by atoms with Crippen molar-refractivity contribution in [3.8, 4) is 0 Å². The first kappa shape index (κ1) is 15.7. The molecule has 3 heteroatoms. The van der Waals surface area contributed by atoms with Crippen molar-refractivity contribution in [2.24, 2.45) is 0 Å². The Morgan fingerprint density at radius 1 is 1.27 bits per heavy atom. The van der Waals surface area contributed by atoms with Gasteiger partial charge in [-0.25, -0.2) is 0 Å². The highest BCUT2D eigenvalue weighted by atomic mass is 79.9. The Kier molecular flexibility index (Phi) is 6.69. The Morgan fingerprint density at radius 2 is 1.80 bits per heavy atom. The molecule has 0 saturated carbocycles. The fourth-order valence-electron chi connectivity index (χ4n) is 1.19. The van der Waals surface area contributed by atoms with Crippen molar-refractivity contribution in [3.63, 3.8) is 0 Å². The Hall–Kier alpha value is 0.657. The second-order valence-electron chi connectivity index (χ2n) is 5.80. The molecule has 0 aromatic heterocycles. The van der Waals surface area contributed by atoms with Crippen LogP contribution in [0.3, 0.4) is 0 Å². The summed E-state index contributed by atoms with van der Waals surface area (Å²) < 4.78 is 6.35. The molecule has 0 aliphatic carbocycles. The van der Waals surface area contributed by atoms with E-state index in [2.05, 4.69) is 56.7 Å². The summed E-state index contributed by atoms with van der Waals surface area (Å²) in [7, 11) is -1.57. The third-order valence-corrected chi connectivity index (χ3v) is 8.58. The average Bonchev–Trinajstić information content (AvgIpc) is 2.10. The number of unbranched alkanes of at least 4 members (excludes halogenated alkanes) is 1. The molecule has 0 aromatic rings. The monoisotopic (exact) mass is 294 g/mol. The minimum absolute atomic E-state index is 0.319. The van der Waals surface area contributed by atoms with Crippen molar-refractivity contribution >= 4 is 24.2 Å². The first-order valence-corrected chi connectivity index (χ1v) is 10.0. The molecule has 92 valence electrons. The highest BCUT2D eigenvalue weighted by Gasteiger charge is 2.38. The van der Waals surface area contributed by atoms with E-state index in [-0.39, 0.29) is 0 Å². The number of alkyl halides is 1. The number of halogens is 1. The smallest absolute Gasteiger partial charge is 0.192 e. The molecule has 1 unspecified atom stereocenters. The van der Waals surface area contributed by atoms with Gasteiger partial charge in [0, 0.05) is 5.33 Å². The van der Waals surface area contributed by atoms with Gasteiger partial charge in [-0.1, -0.05) is 56.5 Å². The summed E-state index contributed by atoms with van der Waals surface area (Å²) >= 11 is 3.56. The van der Waals surface area contributed by atoms with Crippen LogP contribution >= 0.6 is 15.9 Å². The first-order chi connectivity index (χ1) is 6.74. The van der Waals surface area contributed by atoms with Crippen molar-refractivity contribution in [1.29, 1.82) is 0 Å². The summed E-state index contributed by atoms with van der Waals surface area (Å²) in [5.41, 5.74) is 0.